The van der Waals surface area contributed by atoms with Gasteiger partial charge in [0.15, 0.2) is 9.84 Å². The Balaban J connectivity index is 1.31. The fraction of sp³-hybridized carbons (Fsp3) is 0.278. The number of carbonyl (C=O) groups excluding carboxylic acids is 2. The predicted octanol–water partition coefficient (Wildman–Crippen LogP) is 5.73. The third kappa shape index (κ3) is 7.34. The van der Waals surface area contributed by atoms with Gasteiger partial charge in [-0.15, -0.1) is 0 Å². The Morgan fingerprint density at radius 2 is 1.65 bits per heavy atom. The molecule has 0 radical (unpaired) electrons. The van der Waals surface area contributed by atoms with Gasteiger partial charge in [0, 0.05) is 32.6 Å². The number of benzene rings is 4. The molecule has 1 aliphatic rings. The second-order valence-corrected chi connectivity index (χ2v) is 13.2. The molecular weight excluding hydrogens is 604 g/mol. The summed E-state index contributed by atoms with van der Waals surface area (Å²) in [5.74, 6) is 0.801. The highest BCUT2D eigenvalue weighted by atomic mass is 32.2. The number of likely N-dealkylation sites (tertiary alicyclic amines) is 1. The highest BCUT2D eigenvalue weighted by molar-refractivity contribution is 7.90. The maximum atomic E-state index is 13.8. The van der Waals surface area contributed by atoms with Crippen LogP contribution in [0.25, 0.3) is 11.1 Å². The Morgan fingerprint density at radius 3 is 2.41 bits per heavy atom. The van der Waals surface area contributed by atoms with Crippen molar-refractivity contribution in [3.63, 3.8) is 0 Å². The largest absolute Gasteiger partial charge is 0.495 e. The van der Waals surface area contributed by atoms with Gasteiger partial charge in [0.1, 0.15) is 28.2 Å². The molecule has 9 nitrogen and oxygen atoms in total. The zero-order valence-electron chi connectivity index (χ0n) is 26.4. The van der Waals surface area contributed by atoms with E-state index in [1.807, 2.05) is 25.1 Å². The molecule has 10 heteroatoms. The Kier molecular flexibility index (Phi) is 9.96. The van der Waals surface area contributed by atoms with Crippen LogP contribution in [0.2, 0.25) is 0 Å². The van der Waals surface area contributed by atoms with E-state index in [-0.39, 0.29) is 34.3 Å². The van der Waals surface area contributed by atoms with Crippen molar-refractivity contribution in [3.05, 3.63) is 108 Å². The molecule has 5 rings (SSSR count). The van der Waals surface area contributed by atoms with Crippen molar-refractivity contribution in [1.29, 1.82) is 0 Å². The molecule has 1 atom stereocenters. The lowest BCUT2D eigenvalue weighted by atomic mass is 10.0. The zero-order chi connectivity index (χ0) is 32.8. The molecule has 0 spiro atoms. The Bertz CT molecular complexity index is 1840. The minimum Gasteiger partial charge on any atom is -0.495 e. The maximum Gasteiger partial charge on any atom is 0.257 e. The summed E-state index contributed by atoms with van der Waals surface area (Å²) in [6, 6.07) is 26.3. The lowest BCUT2D eigenvalue weighted by Gasteiger charge is -2.19. The quantitative estimate of drug-likeness (QED) is 0.206. The molecule has 2 amide bonds. The average molecular weight is 643 g/mol. The Labute approximate surface area is 270 Å². The molecule has 0 aromatic heterocycles. The molecule has 0 aliphatic carbocycles. The smallest absolute Gasteiger partial charge is 0.257 e. The first-order valence-corrected chi connectivity index (χ1v) is 16.7. The Hall–Kier alpha value is -4.83. The first-order valence-electron chi connectivity index (χ1n) is 15.1. The lowest BCUT2D eigenvalue weighted by Crippen LogP contribution is -2.31. The Morgan fingerprint density at radius 1 is 0.891 bits per heavy atom. The molecule has 0 unspecified atom stereocenters. The van der Waals surface area contributed by atoms with Crippen LogP contribution in [0.1, 0.15) is 39.6 Å². The molecule has 1 heterocycles. The monoisotopic (exact) mass is 642 g/mol. The first kappa shape index (κ1) is 32.6. The van der Waals surface area contributed by atoms with Crippen LogP contribution in [-0.2, 0) is 15.6 Å². The molecule has 0 saturated carbocycles. The zero-order valence-corrected chi connectivity index (χ0v) is 27.3. The van der Waals surface area contributed by atoms with E-state index in [4.69, 9.17) is 14.2 Å². The van der Waals surface area contributed by atoms with E-state index in [1.54, 1.807) is 91.8 Å². The first-order chi connectivity index (χ1) is 22.1. The fourth-order valence-corrected chi connectivity index (χ4v) is 7.03. The minimum atomic E-state index is -3.85. The van der Waals surface area contributed by atoms with Crippen LogP contribution >= 0.6 is 0 Å². The average Bonchev–Trinajstić information content (AvgIpc) is 3.52. The van der Waals surface area contributed by atoms with E-state index < -0.39 is 9.84 Å². The van der Waals surface area contributed by atoms with Gasteiger partial charge < -0.3 is 24.0 Å². The molecule has 1 fully saturated rings. The molecule has 46 heavy (non-hydrogen) atoms. The van der Waals surface area contributed by atoms with Crippen molar-refractivity contribution >= 4 is 21.7 Å². The van der Waals surface area contributed by atoms with Crippen LogP contribution in [0.15, 0.2) is 95.9 Å². The number of para-hydroxylation sites is 1. The normalized spacial score (nSPS) is 14.5. The summed E-state index contributed by atoms with van der Waals surface area (Å²) in [4.78, 5) is 29.0. The molecule has 4 aromatic rings. The van der Waals surface area contributed by atoms with Crippen LogP contribution < -0.4 is 14.2 Å². The van der Waals surface area contributed by atoms with Gasteiger partial charge in [-0.3, -0.25) is 9.59 Å². The van der Waals surface area contributed by atoms with E-state index in [0.717, 1.165) is 0 Å². The third-order valence-electron chi connectivity index (χ3n) is 7.76. The van der Waals surface area contributed by atoms with Crippen LogP contribution in [0.4, 0.5) is 0 Å². The second kappa shape index (κ2) is 14.1. The molecule has 1 saturated heterocycles. The topological polar surface area (TPSA) is 102 Å². The summed E-state index contributed by atoms with van der Waals surface area (Å²) in [6.45, 7) is 3.30. The number of nitrogens with zero attached hydrogens (tertiary/aromatic N) is 2. The third-order valence-corrected chi connectivity index (χ3v) is 9.46. The van der Waals surface area contributed by atoms with Gasteiger partial charge in [-0.1, -0.05) is 42.5 Å². The predicted molar refractivity (Wildman–Crippen MR) is 176 cm³/mol. The molecular formula is C36H38N2O7S. The van der Waals surface area contributed by atoms with E-state index in [9.17, 15) is 18.0 Å². The molecule has 0 N–H and O–H groups in total. The molecule has 240 valence electrons. The van der Waals surface area contributed by atoms with Gasteiger partial charge in [0.05, 0.1) is 31.6 Å². The number of methoxy groups -OCH3 is 1. The van der Waals surface area contributed by atoms with Gasteiger partial charge in [-0.2, -0.15) is 0 Å². The van der Waals surface area contributed by atoms with Gasteiger partial charge in [-0.05, 0) is 72.1 Å². The van der Waals surface area contributed by atoms with E-state index in [0.29, 0.717) is 65.4 Å². The standard InChI is InChI=1S/C36H38N2O7S/c1-5-44-32-15-7-6-14-31(32)36(40)38-19-18-30(23-38)45-29-13-8-10-25(20-29)24-46(41,42)34-22-27(16-17-33(34)43-4)26-11-9-12-28(21-26)35(39)37(2)3/h6-17,20-22,30H,5,18-19,23-24H2,1-4H3/t30-/m0/s1. The summed E-state index contributed by atoms with van der Waals surface area (Å²) in [5.41, 5.74) is 2.94. The highest BCUT2D eigenvalue weighted by Gasteiger charge is 2.30. The van der Waals surface area contributed by atoms with E-state index in [1.165, 1.54) is 12.0 Å². The van der Waals surface area contributed by atoms with Gasteiger partial charge >= 0.3 is 0 Å². The minimum absolute atomic E-state index is 0.0560. The van der Waals surface area contributed by atoms with Crippen molar-refractivity contribution < 1.29 is 32.2 Å². The number of hydrogen-bond donors (Lipinski definition) is 0. The summed E-state index contributed by atoms with van der Waals surface area (Å²) in [7, 11) is 0.947. The number of ether oxygens (including phenoxy) is 3. The van der Waals surface area contributed by atoms with Crippen LogP contribution in [-0.4, -0.2) is 77.0 Å². The summed E-state index contributed by atoms with van der Waals surface area (Å²) < 4.78 is 44.9. The van der Waals surface area contributed by atoms with Crippen LogP contribution in [0, 0.1) is 0 Å². The second-order valence-electron chi connectivity index (χ2n) is 11.3. The van der Waals surface area contributed by atoms with Crippen molar-refractivity contribution in [2.45, 2.75) is 30.1 Å². The van der Waals surface area contributed by atoms with E-state index >= 15 is 0 Å². The van der Waals surface area contributed by atoms with Gasteiger partial charge in [0.25, 0.3) is 11.8 Å². The molecule has 1 aliphatic heterocycles. The molecule has 4 aromatic carbocycles. The molecule has 0 bridgehead atoms. The van der Waals surface area contributed by atoms with Gasteiger partial charge in [0.2, 0.25) is 0 Å². The summed E-state index contributed by atoms with van der Waals surface area (Å²) in [6.07, 6.45) is 0.415. The SMILES string of the molecule is CCOc1ccccc1C(=O)N1CC[C@H](Oc2cccc(CS(=O)(=O)c3cc(-c4cccc(C(=O)N(C)C)c4)ccc3OC)c2)C1. The highest BCUT2D eigenvalue weighted by Crippen LogP contribution is 2.33. The van der Waals surface area contributed by atoms with Crippen LogP contribution in [0.5, 0.6) is 17.2 Å². The maximum absolute atomic E-state index is 13.8. The number of carbonyl (C=O) groups is 2. The summed E-state index contributed by atoms with van der Waals surface area (Å²) in [5, 5.41) is 0. The van der Waals surface area contributed by atoms with Crippen molar-refractivity contribution in [2.24, 2.45) is 0 Å². The van der Waals surface area contributed by atoms with Crippen molar-refractivity contribution in [3.8, 4) is 28.4 Å². The summed E-state index contributed by atoms with van der Waals surface area (Å²) >= 11 is 0. The van der Waals surface area contributed by atoms with Gasteiger partial charge in [-0.25, -0.2) is 8.42 Å². The number of amides is 2. The van der Waals surface area contributed by atoms with Crippen molar-refractivity contribution in [1.82, 2.24) is 9.80 Å². The fourth-order valence-electron chi connectivity index (χ4n) is 5.49. The number of rotatable bonds is 11. The van der Waals surface area contributed by atoms with Crippen molar-refractivity contribution in [2.75, 3.05) is 40.9 Å². The van der Waals surface area contributed by atoms with Crippen LogP contribution in [0.3, 0.4) is 0 Å². The number of hydrogen-bond acceptors (Lipinski definition) is 7. The number of sulfone groups is 1. The van der Waals surface area contributed by atoms with E-state index in [2.05, 4.69) is 0 Å². The lowest BCUT2D eigenvalue weighted by molar-refractivity contribution is 0.0767.